The maximum absolute atomic E-state index is 13.7. The molecule has 1 aliphatic rings. The first kappa shape index (κ1) is 21.5. The summed E-state index contributed by atoms with van der Waals surface area (Å²) in [4.78, 5) is 29.6. The number of hydrogen-bond donors (Lipinski definition) is 0. The first-order valence-electron chi connectivity index (χ1n) is 9.79. The lowest BCUT2D eigenvalue weighted by atomic mass is 10.0. The Kier molecular flexibility index (Phi) is 6.18. The van der Waals surface area contributed by atoms with E-state index in [-0.39, 0.29) is 0 Å². The van der Waals surface area contributed by atoms with E-state index in [0.717, 1.165) is 9.80 Å². The third-order valence-electron chi connectivity index (χ3n) is 4.98. The van der Waals surface area contributed by atoms with Gasteiger partial charge in [0.05, 0.1) is 37.5 Å². The molecule has 0 aromatic heterocycles. The van der Waals surface area contributed by atoms with E-state index < -0.39 is 11.8 Å². The number of nitrogens with zero attached hydrogens (tertiary/aromatic N) is 1. The molecule has 1 heterocycles. The fourth-order valence-electron chi connectivity index (χ4n) is 3.46. The van der Waals surface area contributed by atoms with Crippen LogP contribution in [0.1, 0.15) is 5.56 Å². The van der Waals surface area contributed by atoms with Crippen LogP contribution in [0.5, 0.6) is 17.2 Å². The smallest absolute Gasteiger partial charge is 0.272 e. The zero-order chi connectivity index (χ0) is 22.7. The molecular formula is C25H21NO5S. The molecule has 0 radical (unpaired) electrons. The van der Waals surface area contributed by atoms with Gasteiger partial charge in [-0.15, -0.1) is 0 Å². The van der Waals surface area contributed by atoms with Crippen LogP contribution in [0.25, 0.3) is 5.57 Å². The maximum Gasteiger partial charge on any atom is 0.272 e. The molecule has 0 spiro atoms. The monoisotopic (exact) mass is 447 g/mol. The van der Waals surface area contributed by atoms with Gasteiger partial charge < -0.3 is 14.2 Å². The number of anilines is 1. The van der Waals surface area contributed by atoms with Crippen molar-refractivity contribution in [1.29, 1.82) is 0 Å². The summed E-state index contributed by atoms with van der Waals surface area (Å²) >= 11 is 1.25. The second kappa shape index (κ2) is 9.20. The Bertz CT molecular complexity index is 1180. The Labute approximate surface area is 190 Å². The average molecular weight is 448 g/mol. The van der Waals surface area contributed by atoms with Crippen molar-refractivity contribution in [3.8, 4) is 17.2 Å². The second-order valence-corrected chi connectivity index (χ2v) is 7.92. The highest BCUT2D eigenvalue weighted by molar-refractivity contribution is 8.04. The van der Waals surface area contributed by atoms with Crippen molar-refractivity contribution in [3.05, 3.63) is 83.3 Å². The molecule has 0 N–H and O–H groups in total. The van der Waals surface area contributed by atoms with E-state index in [1.165, 1.54) is 33.1 Å². The number of hydrogen-bond acceptors (Lipinski definition) is 6. The molecule has 7 heteroatoms. The van der Waals surface area contributed by atoms with Gasteiger partial charge in [0.2, 0.25) is 0 Å². The molecule has 0 saturated carbocycles. The van der Waals surface area contributed by atoms with Crippen molar-refractivity contribution < 1.29 is 23.8 Å². The number of rotatable bonds is 7. The van der Waals surface area contributed by atoms with E-state index in [1.54, 1.807) is 30.3 Å². The van der Waals surface area contributed by atoms with E-state index in [9.17, 15) is 9.59 Å². The van der Waals surface area contributed by atoms with Gasteiger partial charge in [0, 0.05) is 28.7 Å². The number of carbonyl (C=O) groups is 2. The van der Waals surface area contributed by atoms with Crippen LogP contribution in [-0.4, -0.2) is 33.1 Å². The topological polar surface area (TPSA) is 65.1 Å². The number of benzene rings is 3. The van der Waals surface area contributed by atoms with Crippen LogP contribution in [0.15, 0.2) is 82.6 Å². The molecule has 4 rings (SSSR count). The molecule has 3 aromatic rings. The molecule has 0 bridgehead atoms. The zero-order valence-corrected chi connectivity index (χ0v) is 18.6. The molecule has 2 amide bonds. The summed E-state index contributed by atoms with van der Waals surface area (Å²) in [6, 6.07) is 21.6. The van der Waals surface area contributed by atoms with E-state index in [2.05, 4.69) is 0 Å². The molecule has 3 aromatic carbocycles. The van der Waals surface area contributed by atoms with Crippen LogP contribution in [0.4, 0.5) is 5.69 Å². The summed E-state index contributed by atoms with van der Waals surface area (Å²) in [5, 5.41) is 0. The maximum atomic E-state index is 13.7. The molecule has 6 nitrogen and oxygen atoms in total. The van der Waals surface area contributed by atoms with Crippen molar-refractivity contribution in [1.82, 2.24) is 0 Å². The molecule has 32 heavy (non-hydrogen) atoms. The quantitative estimate of drug-likeness (QED) is 0.485. The molecule has 0 aliphatic carbocycles. The lowest BCUT2D eigenvalue weighted by Crippen LogP contribution is -2.31. The standard InChI is InChI=1S/C25H21NO5S/c1-29-17-13-16(14-18(15-17)30-2)26-24(27)22(20-11-7-8-12-21(20)31-3)23(25(26)28)32-19-9-5-4-6-10-19/h4-15H,1-3H3. The number of amides is 2. The lowest BCUT2D eigenvalue weighted by Gasteiger charge is -2.17. The van der Waals surface area contributed by atoms with Gasteiger partial charge in [0.15, 0.2) is 0 Å². The fourth-order valence-corrected chi connectivity index (χ4v) is 4.46. The molecule has 0 saturated heterocycles. The lowest BCUT2D eigenvalue weighted by molar-refractivity contribution is -0.119. The minimum absolute atomic E-state index is 0.295. The largest absolute Gasteiger partial charge is 0.497 e. The van der Waals surface area contributed by atoms with Gasteiger partial charge in [0.25, 0.3) is 11.8 Å². The average Bonchev–Trinajstić information content (AvgIpc) is 3.08. The third-order valence-corrected chi connectivity index (χ3v) is 6.07. The highest BCUT2D eigenvalue weighted by atomic mass is 32.2. The van der Waals surface area contributed by atoms with Crippen LogP contribution in [0.2, 0.25) is 0 Å². The van der Waals surface area contributed by atoms with Crippen LogP contribution in [0, 0.1) is 0 Å². The number of thioether (sulfide) groups is 1. The summed E-state index contributed by atoms with van der Waals surface area (Å²) in [6.45, 7) is 0. The molecule has 0 fully saturated rings. The van der Waals surface area contributed by atoms with Crippen molar-refractivity contribution >= 4 is 34.8 Å². The van der Waals surface area contributed by atoms with Crippen LogP contribution in [0.3, 0.4) is 0 Å². The Balaban J connectivity index is 1.87. The Hall–Kier alpha value is -3.71. The zero-order valence-electron chi connectivity index (χ0n) is 17.8. The molecule has 0 unspecified atom stereocenters. The highest BCUT2D eigenvalue weighted by Crippen LogP contribution is 2.44. The van der Waals surface area contributed by atoms with Crippen molar-refractivity contribution in [2.24, 2.45) is 0 Å². The van der Waals surface area contributed by atoms with Gasteiger partial charge in [-0.1, -0.05) is 48.2 Å². The third kappa shape index (κ3) is 3.94. The number of carbonyl (C=O) groups excluding carboxylic acids is 2. The Morgan fingerprint density at radius 2 is 1.34 bits per heavy atom. The van der Waals surface area contributed by atoms with E-state index in [0.29, 0.717) is 39.0 Å². The van der Waals surface area contributed by atoms with Crippen molar-refractivity contribution in [2.75, 3.05) is 26.2 Å². The Morgan fingerprint density at radius 1 is 0.719 bits per heavy atom. The number of para-hydroxylation sites is 1. The summed E-state index contributed by atoms with van der Waals surface area (Å²) < 4.78 is 16.1. The minimum atomic E-state index is -0.437. The van der Waals surface area contributed by atoms with E-state index in [1.807, 2.05) is 42.5 Å². The SMILES string of the molecule is COc1cc(OC)cc(N2C(=O)C(Sc3ccccc3)=C(c3ccccc3OC)C2=O)c1. The van der Waals surface area contributed by atoms with Gasteiger partial charge in [-0.25, -0.2) is 4.90 Å². The normalized spacial score (nSPS) is 13.5. The van der Waals surface area contributed by atoms with Crippen LogP contribution < -0.4 is 19.1 Å². The molecule has 162 valence electrons. The van der Waals surface area contributed by atoms with Gasteiger partial charge in [-0.05, 0) is 18.2 Å². The molecule has 1 aliphatic heterocycles. The van der Waals surface area contributed by atoms with Crippen molar-refractivity contribution in [3.63, 3.8) is 0 Å². The van der Waals surface area contributed by atoms with Crippen LogP contribution in [-0.2, 0) is 9.59 Å². The first-order valence-corrected chi connectivity index (χ1v) is 10.6. The Morgan fingerprint density at radius 3 is 1.97 bits per heavy atom. The number of methoxy groups -OCH3 is 3. The van der Waals surface area contributed by atoms with E-state index in [4.69, 9.17) is 14.2 Å². The fraction of sp³-hybridized carbons (Fsp3) is 0.120. The first-order chi connectivity index (χ1) is 15.6. The predicted octanol–water partition coefficient (Wildman–Crippen LogP) is 4.79. The predicted molar refractivity (Wildman–Crippen MR) is 124 cm³/mol. The van der Waals surface area contributed by atoms with E-state index >= 15 is 0 Å². The summed E-state index contributed by atoms with van der Waals surface area (Å²) in [5.41, 5.74) is 1.22. The number of ether oxygens (including phenoxy) is 3. The summed E-state index contributed by atoms with van der Waals surface area (Å²) in [6.07, 6.45) is 0. The summed E-state index contributed by atoms with van der Waals surface area (Å²) in [7, 11) is 4.57. The summed E-state index contributed by atoms with van der Waals surface area (Å²) in [5.74, 6) is 0.610. The van der Waals surface area contributed by atoms with Gasteiger partial charge >= 0.3 is 0 Å². The van der Waals surface area contributed by atoms with Crippen LogP contribution >= 0.6 is 11.8 Å². The minimum Gasteiger partial charge on any atom is -0.497 e. The van der Waals surface area contributed by atoms with Gasteiger partial charge in [-0.3, -0.25) is 9.59 Å². The van der Waals surface area contributed by atoms with Gasteiger partial charge in [0.1, 0.15) is 17.2 Å². The molecule has 0 atom stereocenters. The highest BCUT2D eigenvalue weighted by Gasteiger charge is 2.41. The van der Waals surface area contributed by atoms with Crippen molar-refractivity contribution in [2.45, 2.75) is 4.90 Å². The van der Waals surface area contributed by atoms with Gasteiger partial charge in [-0.2, -0.15) is 0 Å². The molecular weight excluding hydrogens is 426 g/mol. The second-order valence-electron chi connectivity index (χ2n) is 6.84. The number of imide groups is 1.